The lowest BCUT2D eigenvalue weighted by molar-refractivity contribution is -0.139. The minimum absolute atomic E-state index is 0.0140. The molecule has 2 aliphatic rings. The zero-order valence-corrected chi connectivity index (χ0v) is 25.5. The van der Waals surface area contributed by atoms with Crippen molar-refractivity contribution in [2.75, 3.05) is 56.6 Å². The van der Waals surface area contributed by atoms with Crippen molar-refractivity contribution in [2.45, 2.75) is 44.9 Å². The molecule has 0 bridgehead atoms. The number of carbonyl (C=O) groups excluding carboxylic acids is 1. The second-order valence-electron chi connectivity index (χ2n) is 11.0. The van der Waals surface area contributed by atoms with E-state index in [0.29, 0.717) is 50.0 Å². The first-order chi connectivity index (χ1) is 21.4. The van der Waals surface area contributed by atoms with Crippen LogP contribution in [-0.4, -0.2) is 94.2 Å². The predicted molar refractivity (Wildman–Crippen MR) is 159 cm³/mol. The number of anilines is 2. The first-order valence-corrected chi connectivity index (χ1v) is 15.3. The molecule has 45 heavy (non-hydrogen) atoms. The average molecular weight is 652 g/mol. The number of nitrogens with zero attached hydrogens (tertiary/aromatic N) is 6. The van der Waals surface area contributed by atoms with Gasteiger partial charge >= 0.3 is 12.1 Å². The van der Waals surface area contributed by atoms with Crippen LogP contribution in [0.15, 0.2) is 24.5 Å². The van der Waals surface area contributed by atoms with Crippen LogP contribution in [0.25, 0.3) is 11.3 Å². The molecule has 0 spiro atoms. The summed E-state index contributed by atoms with van der Waals surface area (Å²) in [4.78, 5) is 43.8. The Hall–Kier alpha value is -3.89. The summed E-state index contributed by atoms with van der Waals surface area (Å²) in [5, 5.41) is 11.7. The van der Waals surface area contributed by atoms with Crippen molar-refractivity contribution in [3.8, 4) is 17.0 Å². The number of hydrogen-bond acceptors (Lipinski definition) is 10. The third kappa shape index (κ3) is 7.68. The predicted octanol–water partition coefficient (Wildman–Crippen LogP) is 4.60. The molecule has 4 heterocycles. The molecule has 0 unspecified atom stereocenters. The molecule has 2 N–H and O–H groups in total. The van der Waals surface area contributed by atoms with Crippen LogP contribution in [0.5, 0.6) is 5.75 Å². The van der Waals surface area contributed by atoms with Crippen LogP contribution in [-0.2, 0) is 17.5 Å². The van der Waals surface area contributed by atoms with Crippen molar-refractivity contribution in [3.05, 3.63) is 46.5 Å². The van der Waals surface area contributed by atoms with Crippen LogP contribution in [0.2, 0.25) is 0 Å². The summed E-state index contributed by atoms with van der Waals surface area (Å²) in [5.41, 5.74) is -1.17. The smallest absolute Gasteiger partial charge is 0.420 e. The normalized spacial score (nSPS) is 17.9. The van der Waals surface area contributed by atoms with E-state index in [2.05, 4.69) is 37.0 Å². The van der Waals surface area contributed by atoms with Gasteiger partial charge in [-0.15, -0.1) is 0 Å². The van der Waals surface area contributed by atoms with E-state index in [0.717, 1.165) is 50.0 Å². The molecule has 11 nitrogen and oxygen atoms in total. The standard InChI is InChI=1S/C29H33F4N7O4S/c1-17-4-3-6-40(17)16-22-25(18-12-19(29(31,32)33)26(44-2)20(30)13-18)36-28(45-22)37-27(43)21-14-35-23(15-34-21)39-10-8-38(9-11-39)7-5-24(41)42/h12-15,17H,3-11,16H2,1-2H3,(H,41,42)(H,36,37,43)/t17-/m1/s1. The van der Waals surface area contributed by atoms with Crippen LogP contribution < -0.4 is 15.0 Å². The zero-order chi connectivity index (χ0) is 32.3. The van der Waals surface area contributed by atoms with Crippen LogP contribution in [0.1, 0.15) is 47.1 Å². The first kappa shape index (κ1) is 32.5. The zero-order valence-electron chi connectivity index (χ0n) is 24.7. The number of carboxylic acids is 1. The molecule has 1 amide bonds. The number of hydrogen-bond donors (Lipinski definition) is 2. The van der Waals surface area contributed by atoms with E-state index in [4.69, 9.17) is 9.84 Å². The lowest BCUT2D eigenvalue weighted by atomic mass is 10.0. The fourth-order valence-electron chi connectivity index (χ4n) is 5.52. The summed E-state index contributed by atoms with van der Waals surface area (Å²) in [6, 6.07) is 2.02. The largest absolute Gasteiger partial charge is 0.493 e. The van der Waals surface area contributed by atoms with Gasteiger partial charge in [0.2, 0.25) is 0 Å². The molecular weight excluding hydrogens is 618 g/mol. The number of benzene rings is 1. The lowest BCUT2D eigenvalue weighted by Gasteiger charge is -2.34. The highest BCUT2D eigenvalue weighted by atomic mass is 32.1. The number of amides is 1. The number of aliphatic carboxylic acids is 1. The Balaban J connectivity index is 1.34. The summed E-state index contributed by atoms with van der Waals surface area (Å²) < 4.78 is 61.0. The monoisotopic (exact) mass is 651 g/mol. The van der Waals surface area contributed by atoms with Crippen molar-refractivity contribution >= 4 is 34.2 Å². The Kier molecular flexibility index (Phi) is 9.84. The van der Waals surface area contributed by atoms with Crippen LogP contribution in [0.3, 0.4) is 0 Å². The number of thiazole rings is 1. The summed E-state index contributed by atoms with van der Waals surface area (Å²) in [5.74, 6) is -2.94. The quantitative estimate of drug-likeness (QED) is 0.301. The van der Waals surface area contributed by atoms with E-state index < -0.39 is 35.2 Å². The van der Waals surface area contributed by atoms with Gasteiger partial charge in [-0.25, -0.2) is 19.3 Å². The molecule has 2 fully saturated rings. The minimum Gasteiger partial charge on any atom is -0.493 e. The van der Waals surface area contributed by atoms with Gasteiger partial charge in [0.15, 0.2) is 16.7 Å². The molecule has 0 saturated carbocycles. The van der Waals surface area contributed by atoms with Gasteiger partial charge in [-0.3, -0.25) is 24.7 Å². The van der Waals surface area contributed by atoms with Crippen LogP contribution >= 0.6 is 11.3 Å². The highest BCUT2D eigenvalue weighted by Crippen LogP contribution is 2.42. The molecule has 2 saturated heterocycles. The summed E-state index contributed by atoms with van der Waals surface area (Å²) >= 11 is 1.11. The number of nitrogens with one attached hydrogen (secondary N) is 1. The van der Waals surface area contributed by atoms with E-state index in [9.17, 15) is 27.2 Å². The third-order valence-corrected chi connectivity index (χ3v) is 8.95. The van der Waals surface area contributed by atoms with Crippen molar-refractivity contribution in [2.24, 2.45) is 0 Å². The number of rotatable bonds is 10. The molecule has 16 heteroatoms. The van der Waals surface area contributed by atoms with Gasteiger partial charge in [-0.05, 0) is 38.4 Å². The Labute approximate surface area is 260 Å². The number of carbonyl (C=O) groups is 2. The number of halogens is 4. The maximum Gasteiger partial charge on any atom is 0.420 e. The Bertz CT molecular complexity index is 1530. The number of aromatic nitrogens is 3. The summed E-state index contributed by atoms with van der Waals surface area (Å²) in [6.07, 6.45) is -0.0246. The highest BCUT2D eigenvalue weighted by molar-refractivity contribution is 7.16. The molecule has 242 valence electrons. The number of likely N-dealkylation sites (tertiary alicyclic amines) is 1. The highest BCUT2D eigenvalue weighted by Gasteiger charge is 2.37. The van der Waals surface area contributed by atoms with Gasteiger partial charge < -0.3 is 14.7 Å². The molecule has 1 aromatic carbocycles. The Morgan fingerprint density at radius 3 is 2.49 bits per heavy atom. The Morgan fingerprint density at radius 2 is 1.89 bits per heavy atom. The lowest BCUT2D eigenvalue weighted by Crippen LogP contribution is -2.47. The number of ether oxygens (including phenoxy) is 1. The van der Waals surface area contributed by atoms with Gasteiger partial charge in [0, 0.05) is 55.8 Å². The Morgan fingerprint density at radius 1 is 1.13 bits per heavy atom. The van der Waals surface area contributed by atoms with E-state index in [1.54, 1.807) is 0 Å². The fraction of sp³-hybridized carbons (Fsp3) is 0.483. The van der Waals surface area contributed by atoms with Crippen LogP contribution in [0, 0.1) is 5.82 Å². The number of methoxy groups -OCH3 is 1. The molecule has 3 aromatic rings. The van der Waals surface area contributed by atoms with Crippen molar-refractivity contribution in [1.29, 1.82) is 0 Å². The minimum atomic E-state index is -4.86. The second kappa shape index (κ2) is 13.6. The van der Waals surface area contributed by atoms with Crippen molar-refractivity contribution in [1.82, 2.24) is 24.8 Å². The van der Waals surface area contributed by atoms with Gasteiger partial charge in [-0.2, -0.15) is 13.2 Å². The van der Waals surface area contributed by atoms with Gasteiger partial charge in [0.05, 0.1) is 31.6 Å². The third-order valence-electron chi connectivity index (χ3n) is 7.99. The number of carboxylic acid groups (broad SMARTS) is 1. The van der Waals surface area contributed by atoms with Crippen LogP contribution in [0.4, 0.5) is 28.5 Å². The van der Waals surface area contributed by atoms with Gasteiger partial charge in [0.1, 0.15) is 17.1 Å². The molecular formula is C29H33F4N7O4S. The number of alkyl halides is 3. The molecule has 0 aliphatic carbocycles. The molecule has 2 aliphatic heterocycles. The van der Waals surface area contributed by atoms with E-state index in [1.165, 1.54) is 12.4 Å². The molecule has 1 atom stereocenters. The molecule has 5 rings (SSSR count). The average Bonchev–Trinajstić information content (AvgIpc) is 3.60. The molecule has 0 radical (unpaired) electrons. The fourth-order valence-corrected chi connectivity index (χ4v) is 6.52. The van der Waals surface area contributed by atoms with E-state index in [1.807, 2.05) is 4.90 Å². The topological polar surface area (TPSA) is 124 Å². The van der Waals surface area contributed by atoms with Crippen molar-refractivity contribution < 1.29 is 37.0 Å². The van der Waals surface area contributed by atoms with E-state index >= 15 is 0 Å². The van der Waals surface area contributed by atoms with Gasteiger partial charge in [0.25, 0.3) is 5.91 Å². The summed E-state index contributed by atoms with van der Waals surface area (Å²) in [7, 11) is 0.977. The van der Waals surface area contributed by atoms with Gasteiger partial charge in [-0.1, -0.05) is 11.3 Å². The maximum absolute atomic E-state index is 14.8. The van der Waals surface area contributed by atoms with Crippen molar-refractivity contribution in [3.63, 3.8) is 0 Å². The van der Waals surface area contributed by atoms with E-state index in [-0.39, 0.29) is 34.5 Å². The molecule has 2 aromatic heterocycles. The SMILES string of the molecule is COc1c(F)cc(-c2nc(NC(=O)c3cnc(N4CCN(CCC(=O)O)CC4)cn3)sc2CN2CCC[C@H]2C)cc1C(F)(F)F. The first-order valence-electron chi connectivity index (χ1n) is 14.4. The number of piperazine rings is 1. The second-order valence-corrected chi connectivity index (χ2v) is 12.1. The summed E-state index contributed by atoms with van der Waals surface area (Å²) in [6.45, 7) is 6.30. The maximum atomic E-state index is 14.8.